The first-order valence-electron chi connectivity index (χ1n) is 9.22. The maximum Gasteiger partial charge on any atom is 0.232 e. The molecule has 0 aliphatic heterocycles. The molecule has 3 N–H and O–H groups in total. The van der Waals surface area contributed by atoms with E-state index in [1.807, 2.05) is 54.0 Å². The molecule has 9 nitrogen and oxygen atoms in total. The SMILES string of the molecule is C=CCn1c(SC(C)c2nc(N)nc(Nc3ccccc3)n2)nnc1-c1ccco1. The Kier molecular flexibility index (Phi) is 5.75. The molecule has 1 unspecified atom stereocenters. The fourth-order valence-corrected chi connectivity index (χ4v) is 3.67. The molecule has 4 rings (SSSR count). The molecular weight excluding hydrogens is 400 g/mol. The number of thioether (sulfide) groups is 1. The van der Waals surface area contributed by atoms with Gasteiger partial charge in [-0.15, -0.1) is 16.8 Å². The van der Waals surface area contributed by atoms with Gasteiger partial charge in [0.1, 0.15) is 5.82 Å². The lowest BCUT2D eigenvalue weighted by atomic mass is 10.3. The lowest BCUT2D eigenvalue weighted by Gasteiger charge is -2.13. The maximum atomic E-state index is 5.92. The average Bonchev–Trinajstić information content (AvgIpc) is 3.39. The van der Waals surface area contributed by atoms with E-state index in [9.17, 15) is 0 Å². The van der Waals surface area contributed by atoms with Crippen molar-refractivity contribution in [2.45, 2.75) is 23.9 Å². The zero-order valence-electron chi connectivity index (χ0n) is 16.3. The molecule has 0 aliphatic carbocycles. The largest absolute Gasteiger partial charge is 0.461 e. The minimum atomic E-state index is -0.149. The Balaban J connectivity index is 1.58. The van der Waals surface area contributed by atoms with Gasteiger partial charge in [0.15, 0.2) is 10.9 Å². The van der Waals surface area contributed by atoms with Crippen LogP contribution in [0.5, 0.6) is 0 Å². The highest BCUT2D eigenvalue weighted by Crippen LogP contribution is 2.34. The molecule has 1 atom stereocenters. The summed E-state index contributed by atoms with van der Waals surface area (Å²) in [5.74, 6) is 2.35. The van der Waals surface area contributed by atoms with E-state index in [1.54, 1.807) is 12.3 Å². The number of nitrogens with two attached hydrogens (primary N) is 1. The molecule has 10 heteroatoms. The van der Waals surface area contributed by atoms with Gasteiger partial charge in [-0.05, 0) is 31.2 Å². The number of para-hydroxylation sites is 1. The van der Waals surface area contributed by atoms with Gasteiger partial charge in [0.25, 0.3) is 0 Å². The zero-order chi connectivity index (χ0) is 20.9. The second-order valence-electron chi connectivity index (χ2n) is 6.31. The minimum Gasteiger partial charge on any atom is -0.461 e. The second kappa shape index (κ2) is 8.78. The van der Waals surface area contributed by atoms with Crippen molar-refractivity contribution in [3.63, 3.8) is 0 Å². The first kappa shape index (κ1) is 19.6. The molecule has 0 fully saturated rings. The number of nitrogen functional groups attached to an aromatic ring is 1. The van der Waals surface area contributed by atoms with Crippen LogP contribution in [-0.2, 0) is 6.54 Å². The van der Waals surface area contributed by atoms with Crippen LogP contribution in [0.2, 0.25) is 0 Å². The van der Waals surface area contributed by atoms with E-state index < -0.39 is 0 Å². The van der Waals surface area contributed by atoms with Crippen molar-refractivity contribution in [3.05, 3.63) is 67.2 Å². The summed E-state index contributed by atoms with van der Waals surface area (Å²) in [6.07, 6.45) is 3.39. The third kappa shape index (κ3) is 4.33. The van der Waals surface area contributed by atoms with Gasteiger partial charge >= 0.3 is 0 Å². The van der Waals surface area contributed by atoms with Crippen LogP contribution in [0.15, 0.2) is 71.0 Å². The van der Waals surface area contributed by atoms with Crippen molar-refractivity contribution in [3.8, 4) is 11.6 Å². The molecule has 0 saturated carbocycles. The first-order valence-corrected chi connectivity index (χ1v) is 10.1. The van der Waals surface area contributed by atoms with Gasteiger partial charge < -0.3 is 15.5 Å². The molecule has 1 aromatic carbocycles. The Morgan fingerprint density at radius 2 is 2.00 bits per heavy atom. The van der Waals surface area contributed by atoms with Crippen LogP contribution in [0.3, 0.4) is 0 Å². The second-order valence-corrected chi connectivity index (χ2v) is 7.62. The summed E-state index contributed by atoms with van der Waals surface area (Å²) in [6.45, 7) is 6.34. The summed E-state index contributed by atoms with van der Waals surface area (Å²) in [6, 6.07) is 13.3. The van der Waals surface area contributed by atoms with E-state index >= 15 is 0 Å². The monoisotopic (exact) mass is 420 g/mol. The van der Waals surface area contributed by atoms with Gasteiger partial charge in [-0.2, -0.15) is 15.0 Å². The average molecular weight is 421 g/mol. The number of anilines is 3. The third-order valence-electron chi connectivity index (χ3n) is 4.12. The number of benzene rings is 1. The van der Waals surface area contributed by atoms with Gasteiger partial charge in [-0.25, -0.2) is 0 Å². The van der Waals surface area contributed by atoms with Gasteiger partial charge in [-0.1, -0.05) is 36.0 Å². The Bertz CT molecular complexity index is 1130. The molecule has 0 aliphatic rings. The standard InChI is InChI=1S/C20H20N8OS/c1-3-11-28-17(15-10-7-12-29-15)26-27-20(28)30-13(2)16-23-18(21)25-19(24-16)22-14-8-5-4-6-9-14/h3-10,12-13H,1,11H2,2H3,(H3,21,22,23,24,25). The Morgan fingerprint density at radius 1 is 1.17 bits per heavy atom. The predicted octanol–water partition coefficient (Wildman–Crippen LogP) is 4.09. The van der Waals surface area contributed by atoms with E-state index in [0.717, 1.165) is 5.69 Å². The van der Waals surface area contributed by atoms with Crippen LogP contribution in [0.25, 0.3) is 11.6 Å². The van der Waals surface area contributed by atoms with Gasteiger partial charge in [-0.3, -0.25) is 4.57 Å². The molecule has 30 heavy (non-hydrogen) atoms. The van der Waals surface area contributed by atoms with E-state index in [4.69, 9.17) is 10.2 Å². The van der Waals surface area contributed by atoms with E-state index in [1.165, 1.54) is 11.8 Å². The number of allylic oxidation sites excluding steroid dienone is 1. The fourth-order valence-electron chi connectivity index (χ4n) is 2.77. The molecular formula is C20H20N8OS. The number of hydrogen-bond donors (Lipinski definition) is 2. The Labute approximate surface area is 177 Å². The number of nitrogens with one attached hydrogen (secondary N) is 1. The van der Waals surface area contributed by atoms with Crippen LogP contribution in [0, 0.1) is 0 Å². The van der Waals surface area contributed by atoms with Crippen LogP contribution in [0.1, 0.15) is 18.0 Å². The molecule has 0 spiro atoms. The molecule has 4 aromatic rings. The smallest absolute Gasteiger partial charge is 0.232 e. The minimum absolute atomic E-state index is 0.148. The topological polar surface area (TPSA) is 121 Å². The number of nitrogens with zero attached hydrogens (tertiary/aromatic N) is 6. The van der Waals surface area contributed by atoms with Crippen molar-refractivity contribution in [1.29, 1.82) is 0 Å². The van der Waals surface area contributed by atoms with E-state index in [0.29, 0.717) is 35.1 Å². The molecule has 152 valence electrons. The van der Waals surface area contributed by atoms with Gasteiger partial charge in [0, 0.05) is 12.2 Å². The highest BCUT2D eigenvalue weighted by atomic mass is 32.2. The summed E-state index contributed by atoms with van der Waals surface area (Å²) >= 11 is 1.47. The first-order chi connectivity index (χ1) is 14.6. The van der Waals surface area contributed by atoms with Crippen molar-refractivity contribution in [1.82, 2.24) is 29.7 Å². The molecule has 0 saturated heterocycles. The van der Waals surface area contributed by atoms with Crippen molar-refractivity contribution in [2.24, 2.45) is 0 Å². The Hall–Kier alpha value is -3.66. The van der Waals surface area contributed by atoms with Crippen molar-refractivity contribution in [2.75, 3.05) is 11.1 Å². The normalized spacial score (nSPS) is 11.9. The summed E-state index contributed by atoms with van der Waals surface area (Å²) in [4.78, 5) is 13.0. The molecule has 3 heterocycles. The highest BCUT2D eigenvalue weighted by molar-refractivity contribution is 7.99. The summed E-state index contributed by atoms with van der Waals surface area (Å²) in [7, 11) is 0. The van der Waals surface area contributed by atoms with Gasteiger partial charge in [0.2, 0.25) is 17.7 Å². The van der Waals surface area contributed by atoms with Crippen LogP contribution in [-0.4, -0.2) is 29.7 Å². The summed E-state index contributed by atoms with van der Waals surface area (Å²) in [5.41, 5.74) is 6.78. The van der Waals surface area contributed by atoms with E-state index in [-0.39, 0.29) is 11.2 Å². The summed E-state index contributed by atoms with van der Waals surface area (Å²) in [5, 5.41) is 12.3. The zero-order valence-corrected chi connectivity index (χ0v) is 17.1. The van der Waals surface area contributed by atoms with Gasteiger partial charge in [0.05, 0.1) is 11.5 Å². The predicted molar refractivity (Wildman–Crippen MR) is 116 cm³/mol. The van der Waals surface area contributed by atoms with Crippen LogP contribution < -0.4 is 11.1 Å². The quantitative estimate of drug-likeness (QED) is 0.321. The molecule has 3 aromatic heterocycles. The Morgan fingerprint density at radius 3 is 2.73 bits per heavy atom. The fraction of sp³-hybridized carbons (Fsp3) is 0.150. The number of aromatic nitrogens is 6. The summed E-state index contributed by atoms with van der Waals surface area (Å²) < 4.78 is 7.40. The molecule has 0 bridgehead atoms. The van der Waals surface area contributed by atoms with Crippen LogP contribution in [0.4, 0.5) is 17.6 Å². The van der Waals surface area contributed by atoms with Crippen molar-refractivity contribution >= 4 is 29.3 Å². The molecule has 0 amide bonds. The number of furan rings is 1. The maximum absolute atomic E-state index is 5.92. The lowest BCUT2D eigenvalue weighted by molar-refractivity contribution is 0.569. The third-order valence-corrected chi connectivity index (χ3v) is 5.19. The van der Waals surface area contributed by atoms with Crippen molar-refractivity contribution < 1.29 is 4.42 Å². The number of hydrogen-bond acceptors (Lipinski definition) is 9. The molecule has 0 radical (unpaired) electrons. The highest BCUT2D eigenvalue weighted by Gasteiger charge is 2.20. The number of rotatable bonds is 8. The van der Waals surface area contributed by atoms with Crippen LogP contribution >= 0.6 is 11.8 Å². The lowest BCUT2D eigenvalue weighted by Crippen LogP contribution is -2.09. The van der Waals surface area contributed by atoms with E-state index in [2.05, 4.69) is 37.0 Å².